The van der Waals surface area contributed by atoms with Gasteiger partial charge in [0.15, 0.2) is 0 Å². The zero-order valence-electron chi connectivity index (χ0n) is 13.0. The van der Waals surface area contributed by atoms with Gasteiger partial charge >= 0.3 is 0 Å². The standard InChI is InChI=1S/C16H29N3S/c1-3-9-17-14(12-16-18-10-11-19(16)2)13-20-15-7-5-4-6-8-15/h10-11,14-15,17H,3-9,12-13H2,1-2H3. The Hall–Kier alpha value is -0.480. The molecule has 1 aliphatic rings. The second kappa shape index (κ2) is 8.73. The van der Waals surface area contributed by atoms with E-state index in [0.29, 0.717) is 6.04 Å². The molecule has 1 saturated carbocycles. The van der Waals surface area contributed by atoms with Crippen molar-refractivity contribution in [2.24, 2.45) is 7.05 Å². The molecule has 1 unspecified atom stereocenters. The van der Waals surface area contributed by atoms with E-state index in [1.807, 2.05) is 12.4 Å². The van der Waals surface area contributed by atoms with E-state index in [1.54, 1.807) is 0 Å². The third-order valence-corrected chi connectivity index (χ3v) is 5.66. The van der Waals surface area contributed by atoms with Gasteiger partial charge in [-0.3, -0.25) is 0 Å². The first-order valence-corrected chi connectivity index (χ1v) is 9.15. The molecule has 2 rings (SSSR count). The van der Waals surface area contributed by atoms with Gasteiger partial charge in [-0.25, -0.2) is 4.98 Å². The van der Waals surface area contributed by atoms with E-state index >= 15 is 0 Å². The highest BCUT2D eigenvalue weighted by Crippen LogP contribution is 2.28. The van der Waals surface area contributed by atoms with Crippen molar-refractivity contribution in [3.63, 3.8) is 0 Å². The fraction of sp³-hybridized carbons (Fsp3) is 0.812. The zero-order chi connectivity index (χ0) is 14.2. The van der Waals surface area contributed by atoms with Crippen molar-refractivity contribution in [2.75, 3.05) is 12.3 Å². The smallest absolute Gasteiger partial charge is 0.109 e. The summed E-state index contributed by atoms with van der Waals surface area (Å²) in [7, 11) is 2.09. The fourth-order valence-electron chi connectivity index (χ4n) is 2.84. The van der Waals surface area contributed by atoms with Crippen LogP contribution < -0.4 is 5.32 Å². The summed E-state index contributed by atoms with van der Waals surface area (Å²) in [5, 5.41) is 4.60. The Bertz CT molecular complexity index is 372. The molecular formula is C16H29N3S. The number of hydrogen-bond donors (Lipinski definition) is 1. The first kappa shape index (κ1) is 15.9. The van der Waals surface area contributed by atoms with E-state index in [0.717, 1.165) is 18.2 Å². The summed E-state index contributed by atoms with van der Waals surface area (Å²) in [4.78, 5) is 4.47. The van der Waals surface area contributed by atoms with Crippen LogP contribution in [0.2, 0.25) is 0 Å². The van der Waals surface area contributed by atoms with Crippen molar-refractivity contribution in [1.82, 2.24) is 14.9 Å². The van der Waals surface area contributed by atoms with Crippen LogP contribution in [0.25, 0.3) is 0 Å². The van der Waals surface area contributed by atoms with E-state index in [4.69, 9.17) is 0 Å². The molecule has 0 radical (unpaired) electrons. The maximum atomic E-state index is 4.47. The molecule has 114 valence electrons. The summed E-state index contributed by atoms with van der Waals surface area (Å²) in [6, 6.07) is 0.558. The fourth-order valence-corrected chi connectivity index (χ4v) is 4.24. The summed E-state index contributed by atoms with van der Waals surface area (Å²) in [6.45, 7) is 3.35. The highest BCUT2D eigenvalue weighted by Gasteiger charge is 2.17. The third kappa shape index (κ3) is 5.13. The maximum absolute atomic E-state index is 4.47. The van der Waals surface area contributed by atoms with Crippen LogP contribution in [0.5, 0.6) is 0 Å². The third-order valence-electron chi connectivity index (χ3n) is 4.12. The van der Waals surface area contributed by atoms with Crippen molar-refractivity contribution in [3.8, 4) is 0 Å². The normalized spacial score (nSPS) is 18.3. The van der Waals surface area contributed by atoms with E-state index in [2.05, 4.69) is 40.6 Å². The van der Waals surface area contributed by atoms with E-state index in [1.165, 1.54) is 50.1 Å². The molecule has 0 amide bonds. The van der Waals surface area contributed by atoms with Crippen LogP contribution in [0.15, 0.2) is 12.4 Å². The van der Waals surface area contributed by atoms with Crippen LogP contribution in [0.4, 0.5) is 0 Å². The Morgan fingerprint density at radius 1 is 1.40 bits per heavy atom. The largest absolute Gasteiger partial charge is 0.338 e. The number of rotatable bonds is 8. The van der Waals surface area contributed by atoms with Gasteiger partial charge in [-0.05, 0) is 25.8 Å². The van der Waals surface area contributed by atoms with E-state index in [-0.39, 0.29) is 0 Å². The average molecular weight is 295 g/mol. The first-order valence-electron chi connectivity index (χ1n) is 8.10. The van der Waals surface area contributed by atoms with Gasteiger partial charge in [0.2, 0.25) is 0 Å². The second-order valence-electron chi connectivity index (χ2n) is 5.90. The van der Waals surface area contributed by atoms with Crippen LogP contribution in [-0.2, 0) is 13.5 Å². The number of thioether (sulfide) groups is 1. The van der Waals surface area contributed by atoms with Crippen molar-refractivity contribution in [1.29, 1.82) is 0 Å². The molecule has 20 heavy (non-hydrogen) atoms. The van der Waals surface area contributed by atoms with Gasteiger partial charge in [0.1, 0.15) is 5.82 Å². The lowest BCUT2D eigenvalue weighted by Crippen LogP contribution is -2.35. The quantitative estimate of drug-likeness (QED) is 0.797. The number of hydrogen-bond acceptors (Lipinski definition) is 3. The van der Waals surface area contributed by atoms with Crippen LogP contribution >= 0.6 is 11.8 Å². The summed E-state index contributed by atoms with van der Waals surface area (Å²) < 4.78 is 2.14. The topological polar surface area (TPSA) is 29.9 Å². The number of aryl methyl sites for hydroxylation is 1. The molecule has 0 spiro atoms. The second-order valence-corrected chi connectivity index (χ2v) is 7.24. The van der Waals surface area contributed by atoms with Crippen LogP contribution in [0.1, 0.15) is 51.3 Å². The van der Waals surface area contributed by atoms with Gasteiger partial charge in [-0.15, -0.1) is 0 Å². The number of nitrogens with one attached hydrogen (secondary N) is 1. The molecule has 4 heteroatoms. The summed E-state index contributed by atoms with van der Waals surface area (Å²) in [5.41, 5.74) is 0. The van der Waals surface area contributed by atoms with Crippen LogP contribution in [-0.4, -0.2) is 33.1 Å². The van der Waals surface area contributed by atoms with Gasteiger partial charge in [-0.2, -0.15) is 11.8 Å². The number of imidazole rings is 1. The summed E-state index contributed by atoms with van der Waals surface area (Å²) >= 11 is 2.18. The highest BCUT2D eigenvalue weighted by atomic mass is 32.2. The van der Waals surface area contributed by atoms with E-state index < -0.39 is 0 Å². The summed E-state index contributed by atoms with van der Waals surface area (Å²) in [6.07, 6.45) is 13.4. The molecule has 1 aromatic rings. The molecule has 1 fully saturated rings. The maximum Gasteiger partial charge on any atom is 0.109 e. The average Bonchev–Trinajstić information content (AvgIpc) is 2.88. The van der Waals surface area contributed by atoms with E-state index in [9.17, 15) is 0 Å². The Kier molecular flexibility index (Phi) is 6.94. The SMILES string of the molecule is CCCNC(CSC1CCCCC1)Cc1nccn1C. The molecule has 1 aromatic heterocycles. The van der Waals surface area contributed by atoms with Gasteiger partial charge in [0.05, 0.1) is 0 Å². The van der Waals surface area contributed by atoms with Crippen molar-refractivity contribution in [2.45, 2.75) is 63.2 Å². The summed E-state index contributed by atoms with van der Waals surface area (Å²) in [5.74, 6) is 2.42. The van der Waals surface area contributed by atoms with Gasteiger partial charge in [0, 0.05) is 42.9 Å². The molecule has 1 heterocycles. The molecule has 0 saturated heterocycles. The van der Waals surface area contributed by atoms with Crippen molar-refractivity contribution < 1.29 is 0 Å². The molecule has 1 N–H and O–H groups in total. The van der Waals surface area contributed by atoms with Crippen LogP contribution in [0.3, 0.4) is 0 Å². The Morgan fingerprint density at radius 2 is 2.20 bits per heavy atom. The van der Waals surface area contributed by atoms with Crippen molar-refractivity contribution >= 4 is 11.8 Å². The lowest BCUT2D eigenvalue weighted by Gasteiger charge is -2.24. The predicted octanol–water partition coefficient (Wildman–Crippen LogP) is 3.40. The Labute approximate surface area is 127 Å². The minimum atomic E-state index is 0.558. The van der Waals surface area contributed by atoms with Gasteiger partial charge in [0.25, 0.3) is 0 Å². The molecule has 1 atom stereocenters. The first-order chi connectivity index (χ1) is 9.79. The molecule has 0 aliphatic heterocycles. The minimum absolute atomic E-state index is 0.558. The lowest BCUT2D eigenvalue weighted by molar-refractivity contribution is 0.508. The minimum Gasteiger partial charge on any atom is -0.338 e. The lowest BCUT2D eigenvalue weighted by atomic mass is 10.0. The molecular weight excluding hydrogens is 266 g/mol. The zero-order valence-corrected chi connectivity index (χ0v) is 13.8. The monoisotopic (exact) mass is 295 g/mol. The molecule has 1 aliphatic carbocycles. The highest BCUT2D eigenvalue weighted by molar-refractivity contribution is 7.99. The Balaban J connectivity index is 1.81. The van der Waals surface area contributed by atoms with Gasteiger partial charge in [-0.1, -0.05) is 26.2 Å². The molecule has 0 aromatic carbocycles. The predicted molar refractivity (Wildman–Crippen MR) is 88.3 cm³/mol. The number of nitrogens with zero attached hydrogens (tertiary/aromatic N) is 2. The number of aromatic nitrogens is 2. The van der Waals surface area contributed by atoms with Crippen LogP contribution in [0, 0.1) is 0 Å². The Morgan fingerprint density at radius 3 is 2.85 bits per heavy atom. The van der Waals surface area contributed by atoms with Crippen molar-refractivity contribution in [3.05, 3.63) is 18.2 Å². The molecule has 3 nitrogen and oxygen atoms in total. The van der Waals surface area contributed by atoms with Gasteiger partial charge < -0.3 is 9.88 Å². The molecule has 0 bridgehead atoms.